The van der Waals surface area contributed by atoms with Gasteiger partial charge in [0, 0.05) is 18.9 Å². The molecule has 10 nitrogen and oxygen atoms in total. The third kappa shape index (κ3) is 9.36. The molecule has 1 heterocycles. The average Bonchev–Trinajstić information content (AvgIpc) is 2.84. The number of allylic oxidation sites excluding steroid dienone is 1. The van der Waals surface area contributed by atoms with Gasteiger partial charge >= 0.3 is 5.97 Å². The topological polar surface area (TPSA) is 154 Å². The Morgan fingerprint density at radius 3 is 2.19 bits per heavy atom. The molecule has 1 aliphatic rings. The minimum Gasteiger partial charge on any atom is -0.481 e. The molecule has 4 amide bonds. The zero-order valence-corrected chi connectivity index (χ0v) is 21.8. The predicted molar refractivity (Wildman–Crippen MR) is 138 cm³/mol. The molecule has 1 saturated heterocycles. The van der Waals surface area contributed by atoms with Crippen molar-refractivity contribution < 1.29 is 29.1 Å². The minimum absolute atomic E-state index is 0.0297. The van der Waals surface area contributed by atoms with Crippen LogP contribution in [0.1, 0.15) is 52.5 Å². The molecule has 0 spiro atoms. The second-order valence-corrected chi connectivity index (χ2v) is 9.75. The predicted octanol–water partition coefficient (Wildman–Crippen LogP) is 1.31. The SMILES string of the molecule is CC(C)[C@H]1NC(=O)[C@@H](C)[C@H](C/C=C\CCC(=O)O)NC(=O)[C@@H](Cc2ccccc2)NC(=O)[C@@H](C)NC1=O. The summed E-state index contributed by atoms with van der Waals surface area (Å²) in [6.45, 7) is 6.77. The molecule has 0 bridgehead atoms. The molecule has 2 rings (SSSR count). The molecule has 0 aliphatic carbocycles. The van der Waals surface area contributed by atoms with Gasteiger partial charge in [-0.15, -0.1) is 0 Å². The molecule has 0 saturated carbocycles. The Kier molecular flexibility index (Phi) is 11.3. The zero-order valence-electron chi connectivity index (χ0n) is 21.8. The first-order chi connectivity index (χ1) is 17.5. The number of carboxylic acids is 1. The van der Waals surface area contributed by atoms with Gasteiger partial charge in [-0.25, -0.2) is 0 Å². The van der Waals surface area contributed by atoms with Crippen molar-refractivity contribution in [2.75, 3.05) is 0 Å². The molecule has 0 aromatic heterocycles. The van der Waals surface area contributed by atoms with Crippen LogP contribution in [0.2, 0.25) is 0 Å². The van der Waals surface area contributed by atoms with Crippen molar-refractivity contribution in [2.45, 2.75) is 77.5 Å². The van der Waals surface area contributed by atoms with E-state index in [1.54, 1.807) is 32.9 Å². The van der Waals surface area contributed by atoms with E-state index in [2.05, 4.69) is 21.3 Å². The van der Waals surface area contributed by atoms with E-state index < -0.39 is 59.7 Å². The molecule has 10 heteroatoms. The second-order valence-electron chi connectivity index (χ2n) is 9.75. The van der Waals surface area contributed by atoms with E-state index in [1.807, 2.05) is 30.3 Å². The molecular formula is C27H38N4O6. The maximum absolute atomic E-state index is 13.4. The molecular weight excluding hydrogens is 476 g/mol. The summed E-state index contributed by atoms with van der Waals surface area (Å²) in [6.07, 6.45) is 4.20. The zero-order chi connectivity index (χ0) is 27.5. The van der Waals surface area contributed by atoms with Gasteiger partial charge < -0.3 is 26.4 Å². The van der Waals surface area contributed by atoms with Gasteiger partial charge in [0.1, 0.15) is 18.1 Å². The maximum atomic E-state index is 13.4. The van der Waals surface area contributed by atoms with Crippen molar-refractivity contribution in [1.29, 1.82) is 0 Å². The lowest BCUT2D eigenvalue weighted by Gasteiger charge is -2.28. The van der Waals surface area contributed by atoms with Crippen LogP contribution in [0.25, 0.3) is 0 Å². The Balaban J connectivity index is 2.38. The van der Waals surface area contributed by atoms with Crippen LogP contribution in [-0.4, -0.2) is 58.9 Å². The highest BCUT2D eigenvalue weighted by Gasteiger charge is 2.34. The second kappa shape index (κ2) is 14.2. The largest absolute Gasteiger partial charge is 0.481 e. The first-order valence-corrected chi connectivity index (χ1v) is 12.6. The van der Waals surface area contributed by atoms with Crippen LogP contribution in [0, 0.1) is 11.8 Å². The van der Waals surface area contributed by atoms with Gasteiger partial charge in [-0.1, -0.05) is 63.3 Å². The number of carboxylic acid groups (broad SMARTS) is 1. The summed E-state index contributed by atoms with van der Waals surface area (Å²) in [5.74, 6) is -3.75. The maximum Gasteiger partial charge on any atom is 0.303 e. The third-order valence-electron chi connectivity index (χ3n) is 6.34. The van der Waals surface area contributed by atoms with E-state index in [4.69, 9.17) is 5.11 Å². The number of hydrogen-bond acceptors (Lipinski definition) is 5. The minimum atomic E-state index is -0.940. The van der Waals surface area contributed by atoms with Crippen LogP contribution in [0.4, 0.5) is 0 Å². The van der Waals surface area contributed by atoms with E-state index in [9.17, 15) is 24.0 Å². The fraction of sp³-hybridized carbons (Fsp3) is 0.519. The lowest BCUT2D eigenvalue weighted by atomic mass is 9.94. The van der Waals surface area contributed by atoms with Crippen LogP contribution in [0.15, 0.2) is 42.5 Å². The van der Waals surface area contributed by atoms with Crippen molar-refractivity contribution in [3.63, 3.8) is 0 Å². The highest BCUT2D eigenvalue weighted by Crippen LogP contribution is 2.14. The number of aliphatic carboxylic acids is 1. The molecule has 5 atom stereocenters. The average molecular weight is 515 g/mol. The normalized spacial score (nSPS) is 25.8. The standard InChI is InChI=1S/C27H38N4O6/c1-16(2)23-27(37)28-18(4)25(35)30-21(15-19-11-7-5-8-12-19)26(36)29-20(17(3)24(34)31-23)13-9-6-10-14-22(32)33/h5-9,11-12,16-18,20-21,23H,10,13-15H2,1-4H3,(H,28,37)(H,29,36)(H,30,35)(H,31,34)(H,32,33)/b9-6-/t17-,18+,20-,21+,23+/m0/s1. The van der Waals surface area contributed by atoms with Crippen LogP contribution < -0.4 is 21.3 Å². The van der Waals surface area contributed by atoms with Crippen molar-refractivity contribution >= 4 is 29.6 Å². The summed E-state index contributed by atoms with van der Waals surface area (Å²) in [5, 5.41) is 19.9. The molecule has 1 aromatic rings. The Morgan fingerprint density at radius 1 is 0.892 bits per heavy atom. The van der Waals surface area contributed by atoms with Gasteiger partial charge in [-0.2, -0.15) is 0 Å². The molecule has 0 unspecified atom stereocenters. The van der Waals surface area contributed by atoms with Gasteiger partial charge in [0.25, 0.3) is 0 Å². The fourth-order valence-electron chi connectivity index (χ4n) is 3.97. The number of benzene rings is 1. The molecule has 1 aliphatic heterocycles. The van der Waals surface area contributed by atoms with Gasteiger partial charge in [-0.3, -0.25) is 24.0 Å². The Labute approximate surface area is 217 Å². The number of carbonyl (C=O) groups is 5. The molecule has 37 heavy (non-hydrogen) atoms. The summed E-state index contributed by atoms with van der Waals surface area (Å²) in [4.78, 5) is 63.2. The molecule has 1 fully saturated rings. The highest BCUT2D eigenvalue weighted by molar-refractivity contribution is 5.95. The van der Waals surface area contributed by atoms with Crippen molar-refractivity contribution in [2.24, 2.45) is 11.8 Å². The van der Waals surface area contributed by atoms with Gasteiger partial charge in [0.05, 0.1) is 5.92 Å². The summed E-state index contributed by atoms with van der Waals surface area (Å²) in [5.41, 5.74) is 0.833. The summed E-state index contributed by atoms with van der Waals surface area (Å²) < 4.78 is 0. The van der Waals surface area contributed by atoms with E-state index in [0.717, 1.165) is 5.56 Å². The van der Waals surface area contributed by atoms with Crippen molar-refractivity contribution in [1.82, 2.24) is 21.3 Å². The van der Waals surface area contributed by atoms with Crippen LogP contribution >= 0.6 is 0 Å². The van der Waals surface area contributed by atoms with Crippen molar-refractivity contribution in [3.8, 4) is 0 Å². The molecule has 1 aromatic carbocycles. The van der Waals surface area contributed by atoms with Crippen LogP contribution in [0.3, 0.4) is 0 Å². The third-order valence-corrected chi connectivity index (χ3v) is 6.34. The lowest BCUT2D eigenvalue weighted by Crippen LogP contribution is -2.56. The monoisotopic (exact) mass is 514 g/mol. The number of nitrogens with one attached hydrogen (secondary N) is 4. The number of carbonyl (C=O) groups excluding carboxylic acids is 4. The highest BCUT2D eigenvalue weighted by atomic mass is 16.4. The quantitative estimate of drug-likeness (QED) is 0.330. The van der Waals surface area contributed by atoms with Crippen LogP contribution in [-0.2, 0) is 30.4 Å². The molecule has 202 valence electrons. The van der Waals surface area contributed by atoms with E-state index >= 15 is 0 Å². The molecule has 0 radical (unpaired) electrons. The van der Waals surface area contributed by atoms with Gasteiger partial charge in [0.2, 0.25) is 23.6 Å². The lowest BCUT2D eigenvalue weighted by molar-refractivity contribution is -0.137. The van der Waals surface area contributed by atoms with E-state index in [-0.39, 0.29) is 25.2 Å². The fourth-order valence-corrected chi connectivity index (χ4v) is 3.97. The first kappa shape index (κ1) is 29.5. The van der Waals surface area contributed by atoms with Gasteiger partial charge in [-0.05, 0) is 31.2 Å². The Bertz CT molecular complexity index is 994. The Hall–Kier alpha value is -3.69. The van der Waals surface area contributed by atoms with Gasteiger partial charge in [0.15, 0.2) is 0 Å². The van der Waals surface area contributed by atoms with E-state index in [0.29, 0.717) is 6.42 Å². The first-order valence-electron chi connectivity index (χ1n) is 12.6. The van der Waals surface area contributed by atoms with Crippen molar-refractivity contribution in [3.05, 3.63) is 48.0 Å². The smallest absolute Gasteiger partial charge is 0.303 e. The number of rotatable bonds is 8. The molecule has 5 N–H and O–H groups in total. The van der Waals surface area contributed by atoms with Crippen LogP contribution in [0.5, 0.6) is 0 Å². The summed E-state index contributed by atoms with van der Waals surface area (Å²) in [6, 6.07) is 5.82. The summed E-state index contributed by atoms with van der Waals surface area (Å²) in [7, 11) is 0. The van der Waals surface area contributed by atoms with E-state index in [1.165, 1.54) is 6.92 Å². The number of amides is 4. The number of hydrogen-bond donors (Lipinski definition) is 5. The summed E-state index contributed by atoms with van der Waals surface area (Å²) >= 11 is 0. The Morgan fingerprint density at radius 2 is 1.57 bits per heavy atom.